The second-order valence-electron chi connectivity index (χ2n) is 4.10. The Morgan fingerprint density at radius 3 is 2.83 bits per heavy atom. The summed E-state index contributed by atoms with van der Waals surface area (Å²) in [6, 6.07) is 10.2. The van der Waals surface area contributed by atoms with E-state index in [1.54, 1.807) is 0 Å². The molecule has 1 aromatic heterocycles. The molecular formula is C13H17N3OS. The van der Waals surface area contributed by atoms with Crippen molar-refractivity contribution in [3.8, 4) is 0 Å². The summed E-state index contributed by atoms with van der Waals surface area (Å²) >= 11 is 1.48. The molecule has 1 atom stereocenters. The van der Waals surface area contributed by atoms with Crippen molar-refractivity contribution in [3.05, 3.63) is 41.7 Å². The minimum absolute atomic E-state index is 0.286. The number of aliphatic hydroxyl groups is 1. The van der Waals surface area contributed by atoms with Crippen molar-refractivity contribution >= 4 is 11.8 Å². The summed E-state index contributed by atoms with van der Waals surface area (Å²) in [6.07, 6.45) is 1.23. The van der Waals surface area contributed by atoms with Crippen molar-refractivity contribution in [1.82, 2.24) is 15.2 Å². The first kappa shape index (κ1) is 13.1. The second-order valence-corrected chi connectivity index (χ2v) is 5.09. The van der Waals surface area contributed by atoms with Crippen LogP contribution in [0.15, 0.2) is 35.5 Å². The Kier molecular flexibility index (Phi) is 4.78. The van der Waals surface area contributed by atoms with E-state index in [4.69, 9.17) is 0 Å². The Morgan fingerprint density at radius 1 is 1.33 bits per heavy atom. The maximum absolute atomic E-state index is 9.47. The van der Waals surface area contributed by atoms with Crippen molar-refractivity contribution < 1.29 is 5.11 Å². The van der Waals surface area contributed by atoms with Crippen LogP contribution in [0.1, 0.15) is 24.7 Å². The van der Waals surface area contributed by atoms with Gasteiger partial charge in [-0.1, -0.05) is 49.0 Å². The molecule has 96 valence electrons. The monoisotopic (exact) mass is 263 g/mol. The van der Waals surface area contributed by atoms with E-state index in [1.165, 1.54) is 17.3 Å². The van der Waals surface area contributed by atoms with Crippen LogP contribution in [-0.4, -0.2) is 32.1 Å². The Balaban J connectivity index is 1.90. The fourth-order valence-corrected chi connectivity index (χ4v) is 2.36. The molecule has 2 aromatic rings. The number of hydrogen-bond acceptors (Lipinski definition) is 4. The maximum atomic E-state index is 9.47. The van der Waals surface area contributed by atoms with Crippen LogP contribution in [0.2, 0.25) is 0 Å². The summed E-state index contributed by atoms with van der Waals surface area (Å²) in [4.78, 5) is 4.40. The van der Waals surface area contributed by atoms with Crippen LogP contribution in [0, 0.1) is 0 Å². The predicted molar refractivity (Wildman–Crippen MR) is 72.7 cm³/mol. The molecular weight excluding hydrogens is 246 g/mol. The smallest absolute Gasteiger partial charge is 0.208 e. The highest BCUT2D eigenvalue weighted by molar-refractivity contribution is 7.99. The van der Waals surface area contributed by atoms with Gasteiger partial charge in [-0.3, -0.25) is 5.10 Å². The lowest BCUT2D eigenvalue weighted by molar-refractivity contribution is 0.195. The van der Waals surface area contributed by atoms with Gasteiger partial charge >= 0.3 is 0 Å². The van der Waals surface area contributed by atoms with Gasteiger partial charge in [0.05, 0.1) is 6.10 Å². The van der Waals surface area contributed by atoms with Crippen molar-refractivity contribution in [2.45, 2.75) is 31.0 Å². The number of H-pyrrole nitrogens is 1. The minimum Gasteiger partial charge on any atom is -0.392 e. The van der Waals surface area contributed by atoms with E-state index in [9.17, 15) is 5.11 Å². The molecule has 5 heteroatoms. The molecule has 18 heavy (non-hydrogen) atoms. The summed E-state index contributed by atoms with van der Waals surface area (Å²) in [6.45, 7) is 1.96. The third kappa shape index (κ3) is 3.85. The molecule has 0 saturated carbocycles. The third-order valence-electron chi connectivity index (χ3n) is 2.60. The molecule has 0 amide bonds. The second kappa shape index (κ2) is 6.56. The summed E-state index contributed by atoms with van der Waals surface area (Å²) in [5.74, 6) is 1.49. The van der Waals surface area contributed by atoms with Crippen LogP contribution >= 0.6 is 11.8 Å². The molecule has 1 heterocycles. The molecule has 4 nitrogen and oxygen atoms in total. The van der Waals surface area contributed by atoms with Gasteiger partial charge in [-0.2, -0.15) is 0 Å². The zero-order valence-corrected chi connectivity index (χ0v) is 11.2. The van der Waals surface area contributed by atoms with Crippen LogP contribution in [0.4, 0.5) is 0 Å². The zero-order chi connectivity index (χ0) is 12.8. The minimum atomic E-state index is -0.286. The van der Waals surface area contributed by atoms with Crippen molar-refractivity contribution in [1.29, 1.82) is 0 Å². The fraction of sp³-hybridized carbons (Fsp3) is 0.385. The van der Waals surface area contributed by atoms with E-state index in [1.807, 2.05) is 25.1 Å². The maximum Gasteiger partial charge on any atom is 0.208 e. The lowest BCUT2D eigenvalue weighted by Gasteiger charge is -2.03. The standard InChI is InChI=1S/C13H17N3OS/c1-2-11(17)9-18-13-14-12(15-16-13)8-10-6-4-3-5-7-10/h3-7,11,17H,2,8-9H2,1H3,(H,14,15,16). The molecule has 2 rings (SSSR count). The molecule has 0 spiro atoms. The van der Waals surface area contributed by atoms with Gasteiger partial charge in [-0.05, 0) is 12.0 Å². The number of aliphatic hydroxyl groups excluding tert-OH is 1. The lowest BCUT2D eigenvalue weighted by atomic mass is 10.1. The Labute approximate surface area is 111 Å². The van der Waals surface area contributed by atoms with Crippen molar-refractivity contribution in [2.24, 2.45) is 0 Å². The molecule has 1 unspecified atom stereocenters. The highest BCUT2D eigenvalue weighted by Crippen LogP contribution is 2.15. The van der Waals surface area contributed by atoms with Gasteiger partial charge < -0.3 is 5.11 Å². The van der Waals surface area contributed by atoms with Gasteiger partial charge in [0.25, 0.3) is 0 Å². The molecule has 0 aliphatic heterocycles. The van der Waals surface area contributed by atoms with Gasteiger partial charge in [0.1, 0.15) is 5.82 Å². The molecule has 1 aromatic carbocycles. The molecule has 0 aliphatic rings. The zero-order valence-electron chi connectivity index (χ0n) is 10.3. The number of aromatic amines is 1. The number of hydrogen-bond donors (Lipinski definition) is 2. The van der Waals surface area contributed by atoms with Crippen LogP contribution < -0.4 is 0 Å². The van der Waals surface area contributed by atoms with Crippen molar-refractivity contribution in [2.75, 3.05) is 5.75 Å². The van der Waals surface area contributed by atoms with E-state index in [2.05, 4.69) is 27.3 Å². The predicted octanol–water partition coefficient (Wildman–Crippen LogP) is 2.26. The van der Waals surface area contributed by atoms with Crippen molar-refractivity contribution in [3.63, 3.8) is 0 Å². The Bertz CT molecular complexity index is 472. The lowest BCUT2D eigenvalue weighted by Crippen LogP contribution is -2.07. The SMILES string of the molecule is CCC(O)CSc1n[nH]c(Cc2ccccc2)n1. The molecule has 0 radical (unpaired) electrons. The highest BCUT2D eigenvalue weighted by atomic mass is 32.2. The van der Waals surface area contributed by atoms with Crippen LogP contribution in [0.3, 0.4) is 0 Å². The van der Waals surface area contributed by atoms with E-state index >= 15 is 0 Å². The summed E-state index contributed by atoms with van der Waals surface area (Å²) in [5, 5.41) is 17.2. The average Bonchev–Trinajstić information content (AvgIpc) is 2.85. The average molecular weight is 263 g/mol. The van der Waals surface area contributed by atoms with Crippen LogP contribution in [0.5, 0.6) is 0 Å². The first-order chi connectivity index (χ1) is 8.78. The largest absolute Gasteiger partial charge is 0.392 e. The fourth-order valence-electron chi connectivity index (χ4n) is 1.50. The number of thioether (sulfide) groups is 1. The first-order valence-corrected chi connectivity index (χ1v) is 7.02. The Morgan fingerprint density at radius 2 is 2.11 bits per heavy atom. The number of rotatable bonds is 6. The number of aromatic nitrogens is 3. The molecule has 2 N–H and O–H groups in total. The Hall–Kier alpha value is -1.33. The third-order valence-corrected chi connectivity index (χ3v) is 3.59. The van der Waals surface area contributed by atoms with E-state index in [-0.39, 0.29) is 6.10 Å². The number of nitrogens with zero attached hydrogens (tertiary/aromatic N) is 2. The van der Waals surface area contributed by atoms with E-state index in [0.717, 1.165) is 18.7 Å². The van der Waals surface area contributed by atoms with Gasteiger partial charge in [-0.15, -0.1) is 5.10 Å². The quantitative estimate of drug-likeness (QED) is 0.785. The normalized spacial score (nSPS) is 12.6. The van der Waals surface area contributed by atoms with Gasteiger partial charge in [0, 0.05) is 12.2 Å². The molecule has 0 bridgehead atoms. The van der Waals surface area contributed by atoms with Gasteiger partial charge in [-0.25, -0.2) is 4.98 Å². The first-order valence-electron chi connectivity index (χ1n) is 6.04. The highest BCUT2D eigenvalue weighted by Gasteiger charge is 2.07. The number of nitrogens with one attached hydrogen (secondary N) is 1. The summed E-state index contributed by atoms with van der Waals surface area (Å²) in [5.41, 5.74) is 1.21. The van der Waals surface area contributed by atoms with Gasteiger partial charge in [0.15, 0.2) is 0 Å². The summed E-state index contributed by atoms with van der Waals surface area (Å²) < 4.78 is 0. The summed E-state index contributed by atoms with van der Waals surface area (Å²) in [7, 11) is 0. The topological polar surface area (TPSA) is 61.8 Å². The number of benzene rings is 1. The van der Waals surface area contributed by atoms with E-state index < -0.39 is 0 Å². The van der Waals surface area contributed by atoms with Gasteiger partial charge in [0.2, 0.25) is 5.16 Å². The van der Waals surface area contributed by atoms with Crippen LogP contribution in [0.25, 0.3) is 0 Å². The molecule has 0 saturated heterocycles. The molecule has 0 fully saturated rings. The molecule has 0 aliphatic carbocycles. The van der Waals surface area contributed by atoms with Crippen LogP contribution in [-0.2, 0) is 6.42 Å². The van der Waals surface area contributed by atoms with E-state index in [0.29, 0.717) is 10.9 Å².